The first-order valence-electron chi connectivity index (χ1n) is 7.97. The first-order valence-corrected chi connectivity index (χ1v) is 7.97. The number of ether oxygens (including phenoxy) is 1. The van der Waals surface area contributed by atoms with Gasteiger partial charge in [0.1, 0.15) is 5.75 Å². The van der Waals surface area contributed by atoms with Crippen LogP contribution in [0, 0.1) is 0 Å². The van der Waals surface area contributed by atoms with E-state index >= 15 is 0 Å². The van der Waals surface area contributed by atoms with Crippen molar-refractivity contribution in [3.8, 4) is 5.75 Å². The van der Waals surface area contributed by atoms with Crippen LogP contribution in [-0.2, 0) is 12.8 Å². The van der Waals surface area contributed by atoms with Crippen LogP contribution in [0.15, 0.2) is 18.2 Å². The molecule has 0 saturated carbocycles. The lowest BCUT2D eigenvalue weighted by Gasteiger charge is -2.27. The van der Waals surface area contributed by atoms with E-state index < -0.39 is 5.60 Å². The van der Waals surface area contributed by atoms with Crippen molar-refractivity contribution in [2.45, 2.75) is 64.5 Å². The van der Waals surface area contributed by atoms with Gasteiger partial charge < -0.3 is 15.2 Å². The van der Waals surface area contributed by atoms with Gasteiger partial charge in [0.15, 0.2) is 0 Å². The van der Waals surface area contributed by atoms with Gasteiger partial charge in [-0.1, -0.05) is 12.1 Å². The number of hydrogen-bond acceptors (Lipinski definition) is 3. The van der Waals surface area contributed by atoms with Crippen LogP contribution in [0.2, 0.25) is 0 Å². The lowest BCUT2D eigenvalue weighted by Crippen LogP contribution is -2.39. The fourth-order valence-corrected chi connectivity index (χ4v) is 2.64. The third kappa shape index (κ3) is 5.33. The van der Waals surface area contributed by atoms with E-state index in [1.807, 2.05) is 6.92 Å². The van der Waals surface area contributed by atoms with Gasteiger partial charge >= 0.3 is 0 Å². The van der Waals surface area contributed by atoms with Gasteiger partial charge in [-0.25, -0.2) is 0 Å². The minimum absolute atomic E-state index is 0.107. The number of nitrogens with one attached hydrogen (secondary N) is 1. The van der Waals surface area contributed by atoms with E-state index in [0.29, 0.717) is 0 Å². The summed E-state index contributed by atoms with van der Waals surface area (Å²) in [4.78, 5) is 0. The molecule has 1 aromatic rings. The number of aliphatic hydroxyl groups is 1. The van der Waals surface area contributed by atoms with E-state index in [2.05, 4.69) is 44.3 Å². The molecular formula is C18H29NO2. The summed E-state index contributed by atoms with van der Waals surface area (Å²) < 4.78 is 5.53. The summed E-state index contributed by atoms with van der Waals surface area (Å²) in [5, 5.41) is 13.9. The molecule has 1 heterocycles. The second-order valence-electron chi connectivity index (χ2n) is 7.46. The lowest BCUT2D eigenvalue weighted by molar-refractivity contribution is 0.0411. The van der Waals surface area contributed by atoms with Crippen molar-refractivity contribution in [1.82, 2.24) is 5.32 Å². The molecule has 0 aromatic heterocycles. The largest absolute Gasteiger partial charge is 0.493 e. The predicted octanol–water partition coefficient (Wildman–Crippen LogP) is 3.08. The highest BCUT2D eigenvalue weighted by molar-refractivity contribution is 5.39. The number of aryl methyl sites for hydroxylation is 1. The average molecular weight is 291 g/mol. The summed E-state index contributed by atoms with van der Waals surface area (Å²) in [7, 11) is 0. The van der Waals surface area contributed by atoms with E-state index in [4.69, 9.17) is 4.74 Å². The van der Waals surface area contributed by atoms with Gasteiger partial charge in [0.05, 0.1) is 12.2 Å². The number of fused-ring (bicyclic) bond motifs is 1. The van der Waals surface area contributed by atoms with Crippen LogP contribution in [0.1, 0.15) is 51.7 Å². The molecule has 0 amide bonds. The zero-order valence-corrected chi connectivity index (χ0v) is 13.8. The maximum atomic E-state index is 10.5. The normalized spacial score (nSPS) is 17.2. The summed E-state index contributed by atoms with van der Waals surface area (Å²) in [6.45, 7) is 10.0. The van der Waals surface area contributed by atoms with E-state index in [1.54, 1.807) is 0 Å². The van der Waals surface area contributed by atoms with E-state index in [1.165, 1.54) is 11.1 Å². The highest BCUT2D eigenvalue weighted by Gasteiger charge is 2.21. The molecule has 1 aliphatic heterocycles. The predicted molar refractivity (Wildman–Crippen MR) is 87.0 cm³/mol. The van der Waals surface area contributed by atoms with Crippen molar-refractivity contribution < 1.29 is 9.84 Å². The quantitative estimate of drug-likeness (QED) is 0.846. The van der Waals surface area contributed by atoms with Gasteiger partial charge in [0.2, 0.25) is 0 Å². The Morgan fingerprint density at radius 1 is 1.19 bits per heavy atom. The Morgan fingerprint density at radius 2 is 1.95 bits per heavy atom. The maximum absolute atomic E-state index is 10.5. The molecule has 1 aliphatic rings. The summed E-state index contributed by atoms with van der Waals surface area (Å²) in [5.74, 6) is 1.03. The Labute approximate surface area is 128 Å². The molecule has 0 radical (unpaired) electrons. The molecule has 3 heteroatoms. The smallest absolute Gasteiger partial charge is 0.122 e. The minimum atomic E-state index is -0.617. The first-order chi connectivity index (χ1) is 9.75. The Balaban J connectivity index is 1.81. The molecule has 1 aromatic carbocycles. The van der Waals surface area contributed by atoms with Crippen LogP contribution in [0.4, 0.5) is 0 Å². The van der Waals surface area contributed by atoms with E-state index in [0.717, 1.165) is 44.6 Å². The summed E-state index contributed by atoms with van der Waals surface area (Å²) in [6, 6.07) is 6.41. The van der Waals surface area contributed by atoms with Gasteiger partial charge in [-0.05, 0) is 70.7 Å². The molecule has 118 valence electrons. The van der Waals surface area contributed by atoms with Crippen LogP contribution < -0.4 is 10.1 Å². The second-order valence-corrected chi connectivity index (χ2v) is 7.46. The molecule has 1 unspecified atom stereocenters. The number of rotatable bonds is 6. The highest BCUT2D eigenvalue weighted by atomic mass is 16.5. The van der Waals surface area contributed by atoms with Crippen LogP contribution >= 0.6 is 0 Å². The fourth-order valence-electron chi connectivity index (χ4n) is 2.64. The van der Waals surface area contributed by atoms with Crippen LogP contribution in [0.25, 0.3) is 0 Å². The third-order valence-corrected chi connectivity index (χ3v) is 4.03. The molecule has 0 aliphatic carbocycles. The Hall–Kier alpha value is -1.06. The van der Waals surface area contributed by atoms with Crippen LogP contribution in [-0.4, -0.2) is 29.4 Å². The minimum Gasteiger partial charge on any atom is -0.493 e. The van der Waals surface area contributed by atoms with Crippen molar-refractivity contribution in [3.63, 3.8) is 0 Å². The molecule has 21 heavy (non-hydrogen) atoms. The second kappa shape index (κ2) is 6.37. The SMILES string of the molecule is CC(O)(CCNC(C)(C)C)CCc1ccc2c(c1)CCO2. The zero-order valence-electron chi connectivity index (χ0n) is 13.8. The lowest BCUT2D eigenvalue weighted by atomic mass is 9.92. The average Bonchev–Trinajstić information content (AvgIpc) is 2.82. The Morgan fingerprint density at radius 3 is 2.67 bits per heavy atom. The molecule has 3 nitrogen and oxygen atoms in total. The van der Waals surface area contributed by atoms with Gasteiger partial charge in [0.25, 0.3) is 0 Å². The topological polar surface area (TPSA) is 41.5 Å². The molecule has 2 N–H and O–H groups in total. The molecule has 2 rings (SSSR count). The summed E-state index contributed by atoms with van der Waals surface area (Å²) in [5.41, 5.74) is 2.09. The molecular weight excluding hydrogens is 262 g/mol. The molecule has 0 bridgehead atoms. The van der Waals surface area contributed by atoms with Crippen molar-refractivity contribution in [3.05, 3.63) is 29.3 Å². The van der Waals surface area contributed by atoms with Gasteiger partial charge in [-0.3, -0.25) is 0 Å². The molecule has 0 spiro atoms. The summed E-state index contributed by atoms with van der Waals surface area (Å²) >= 11 is 0. The van der Waals surface area contributed by atoms with Crippen molar-refractivity contribution in [2.24, 2.45) is 0 Å². The van der Waals surface area contributed by atoms with Crippen LogP contribution in [0.5, 0.6) is 5.75 Å². The molecule has 0 saturated heterocycles. The standard InChI is InChI=1S/C18H29NO2/c1-17(2,3)19-11-10-18(4,20)9-7-14-5-6-16-15(13-14)8-12-21-16/h5-6,13,19-20H,7-12H2,1-4H3. The number of benzene rings is 1. The van der Waals surface area contributed by atoms with Crippen LogP contribution in [0.3, 0.4) is 0 Å². The maximum Gasteiger partial charge on any atom is 0.122 e. The highest BCUT2D eigenvalue weighted by Crippen LogP contribution is 2.27. The fraction of sp³-hybridized carbons (Fsp3) is 0.667. The Bertz CT molecular complexity index is 475. The number of hydrogen-bond donors (Lipinski definition) is 2. The van der Waals surface area contributed by atoms with E-state index in [-0.39, 0.29) is 5.54 Å². The zero-order chi connectivity index (χ0) is 15.5. The van der Waals surface area contributed by atoms with Gasteiger partial charge in [-0.15, -0.1) is 0 Å². The monoisotopic (exact) mass is 291 g/mol. The van der Waals surface area contributed by atoms with Crippen molar-refractivity contribution in [1.29, 1.82) is 0 Å². The first kappa shape index (κ1) is 16.3. The van der Waals surface area contributed by atoms with Crippen molar-refractivity contribution >= 4 is 0 Å². The molecule has 0 fully saturated rings. The molecule has 1 atom stereocenters. The third-order valence-electron chi connectivity index (χ3n) is 4.03. The van der Waals surface area contributed by atoms with Gasteiger partial charge in [-0.2, -0.15) is 0 Å². The van der Waals surface area contributed by atoms with Crippen molar-refractivity contribution in [2.75, 3.05) is 13.2 Å². The Kier molecular flexibility index (Phi) is 4.95. The van der Waals surface area contributed by atoms with Gasteiger partial charge in [0, 0.05) is 12.0 Å². The van der Waals surface area contributed by atoms with E-state index in [9.17, 15) is 5.11 Å². The summed E-state index contributed by atoms with van der Waals surface area (Å²) in [6.07, 6.45) is 3.49.